The minimum Gasteiger partial charge on any atom is -0.455 e. The van der Waals surface area contributed by atoms with Crippen LogP contribution in [0.1, 0.15) is 18.9 Å². The highest BCUT2D eigenvalue weighted by Crippen LogP contribution is 2.25. The monoisotopic (exact) mass is 272 g/mol. The van der Waals surface area contributed by atoms with Gasteiger partial charge in [0.2, 0.25) is 6.29 Å². The number of anilines is 2. The Balaban J connectivity index is 2.09. The molecule has 20 heavy (non-hydrogen) atoms. The van der Waals surface area contributed by atoms with Crippen LogP contribution in [0.25, 0.3) is 0 Å². The molecular formula is C16H20N2O2. The Labute approximate surface area is 119 Å². The van der Waals surface area contributed by atoms with Gasteiger partial charge in [-0.25, -0.2) is 0 Å². The van der Waals surface area contributed by atoms with E-state index in [0.29, 0.717) is 11.4 Å². The molecule has 4 nitrogen and oxygen atoms in total. The number of ether oxygens (including phenoxy) is 2. The summed E-state index contributed by atoms with van der Waals surface area (Å²) in [4.78, 5) is 0. The van der Waals surface area contributed by atoms with Gasteiger partial charge in [0.15, 0.2) is 0 Å². The molecule has 0 saturated heterocycles. The first-order valence-electron chi connectivity index (χ1n) is 6.64. The van der Waals surface area contributed by atoms with Crippen LogP contribution in [0, 0.1) is 6.92 Å². The van der Waals surface area contributed by atoms with Crippen molar-refractivity contribution in [3.05, 3.63) is 48.0 Å². The van der Waals surface area contributed by atoms with Crippen LogP contribution in [0.4, 0.5) is 11.4 Å². The maximum atomic E-state index is 5.88. The molecule has 2 rings (SSSR count). The fraction of sp³-hybridized carbons (Fsp3) is 0.250. The third-order valence-electron chi connectivity index (χ3n) is 3.07. The third kappa shape index (κ3) is 3.35. The second-order valence-corrected chi connectivity index (χ2v) is 4.61. The fourth-order valence-corrected chi connectivity index (χ4v) is 1.79. The van der Waals surface area contributed by atoms with E-state index in [1.807, 2.05) is 44.2 Å². The topological polar surface area (TPSA) is 70.5 Å². The molecule has 0 heterocycles. The smallest absolute Gasteiger partial charge is 0.240 e. The van der Waals surface area contributed by atoms with Crippen LogP contribution in [-0.2, 0) is 0 Å². The Hall–Kier alpha value is -2.36. The lowest BCUT2D eigenvalue weighted by atomic mass is 10.2. The van der Waals surface area contributed by atoms with Crippen LogP contribution in [0.5, 0.6) is 11.5 Å². The van der Waals surface area contributed by atoms with Crippen LogP contribution in [-0.4, -0.2) is 6.29 Å². The van der Waals surface area contributed by atoms with Gasteiger partial charge in [0, 0.05) is 23.4 Å². The molecule has 0 amide bonds. The largest absolute Gasteiger partial charge is 0.455 e. The predicted octanol–water partition coefficient (Wildman–Crippen LogP) is 3.35. The van der Waals surface area contributed by atoms with E-state index in [1.165, 1.54) is 0 Å². The summed E-state index contributed by atoms with van der Waals surface area (Å²) >= 11 is 0. The van der Waals surface area contributed by atoms with Gasteiger partial charge in [-0.05, 0) is 43.3 Å². The molecule has 0 saturated carbocycles. The van der Waals surface area contributed by atoms with Crippen molar-refractivity contribution in [1.82, 2.24) is 0 Å². The summed E-state index contributed by atoms with van der Waals surface area (Å²) in [7, 11) is 0. The summed E-state index contributed by atoms with van der Waals surface area (Å²) in [5.41, 5.74) is 13.9. The van der Waals surface area contributed by atoms with E-state index in [2.05, 4.69) is 0 Å². The van der Waals surface area contributed by atoms with Gasteiger partial charge in [-0.3, -0.25) is 0 Å². The molecule has 0 bridgehead atoms. The van der Waals surface area contributed by atoms with E-state index in [9.17, 15) is 0 Å². The molecule has 4 heteroatoms. The zero-order chi connectivity index (χ0) is 14.5. The maximum Gasteiger partial charge on any atom is 0.240 e. The molecule has 106 valence electrons. The summed E-state index contributed by atoms with van der Waals surface area (Å²) in [6.45, 7) is 3.93. The summed E-state index contributed by atoms with van der Waals surface area (Å²) in [6, 6.07) is 12.9. The molecule has 0 radical (unpaired) electrons. The molecule has 1 atom stereocenters. The van der Waals surface area contributed by atoms with Gasteiger partial charge in [0.1, 0.15) is 11.5 Å². The minimum absolute atomic E-state index is 0.362. The molecule has 0 aliphatic rings. The van der Waals surface area contributed by atoms with Crippen molar-refractivity contribution >= 4 is 11.4 Å². The highest BCUT2D eigenvalue weighted by Gasteiger charge is 2.12. The predicted molar refractivity (Wildman–Crippen MR) is 81.8 cm³/mol. The normalized spacial score (nSPS) is 11.9. The number of hydrogen-bond acceptors (Lipinski definition) is 4. The summed E-state index contributed by atoms with van der Waals surface area (Å²) in [5.74, 6) is 1.47. The van der Waals surface area contributed by atoms with E-state index in [0.717, 1.165) is 23.5 Å². The van der Waals surface area contributed by atoms with Crippen molar-refractivity contribution in [1.29, 1.82) is 0 Å². The second kappa shape index (κ2) is 6.19. The molecule has 4 N–H and O–H groups in total. The van der Waals surface area contributed by atoms with Crippen molar-refractivity contribution in [2.45, 2.75) is 26.6 Å². The first kappa shape index (κ1) is 14.1. The highest BCUT2D eigenvalue weighted by molar-refractivity contribution is 5.53. The molecular weight excluding hydrogens is 252 g/mol. The van der Waals surface area contributed by atoms with Gasteiger partial charge >= 0.3 is 0 Å². The van der Waals surface area contributed by atoms with Crippen molar-refractivity contribution < 1.29 is 9.47 Å². The second-order valence-electron chi connectivity index (χ2n) is 4.61. The van der Waals surface area contributed by atoms with Crippen LogP contribution >= 0.6 is 0 Å². The highest BCUT2D eigenvalue weighted by atomic mass is 16.7. The van der Waals surface area contributed by atoms with Gasteiger partial charge in [-0.1, -0.05) is 13.0 Å². The lowest BCUT2D eigenvalue weighted by Crippen LogP contribution is -2.23. The number of hydrogen-bond donors (Lipinski definition) is 2. The number of nitrogen functional groups attached to an aromatic ring is 2. The molecule has 2 aromatic carbocycles. The lowest BCUT2D eigenvalue weighted by molar-refractivity contribution is 0.00287. The number of benzene rings is 2. The minimum atomic E-state index is -0.362. The van der Waals surface area contributed by atoms with E-state index in [-0.39, 0.29) is 6.29 Å². The fourth-order valence-electron chi connectivity index (χ4n) is 1.79. The lowest BCUT2D eigenvalue weighted by Gasteiger charge is -2.20. The first-order chi connectivity index (χ1) is 9.60. The molecule has 0 spiro atoms. The van der Waals surface area contributed by atoms with E-state index in [1.54, 1.807) is 12.1 Å². The van der Waals surface area contributed by atoms with Crippen LogP contribution in [0.15, 0.2) is 42.5 Å². The van der Waals surface area contributed by atoms with E-state index >= 15 is 0 Å². The molecule has 0 aliphatic carbocycles. The Kier molecular flexibility index (Phi) is 4.35. The molecule has 0 aromatic heterocycles. The average molecular weight is 272 g/mol. The molecule has 1 unspecified atom stereocenters. The Morgan fingerprint density at radius 2 is 1.70 bits per heavy atom. The number of nitrogens with two attached hydrogens (primary N) is 2. The van der Waals surface area contributed by atoms with Crippen molar-refractivity contribution in [3.8, 4) is 11.5 Å². The number of rotatable bonds is 5. The molecule has 0 aliphatic heterocycles. The van der Waals surface area contributed by atoms with Crippen molar-refractivity contribution in [3.63, 3.8) is 0 Å². The summed E-state index contributed by atoms with van der Waals surface area (Å²) < 4.78 is 11.7. The summed E-state index contributed by atoms with van der Waals surface area (Å²) in [5, 5.41) is 0. The van der Waals surface area contributed by atoms with Gasteiger partial charge < -0.3 is 20.9 Å². The van der Waals surface area contributed by atoms with Gasteiger partial charge in [0.25, 0.3) is 0 Å². The Morgan fingerprint density at radius 1 is 1.00 bits per heavy atom. The molecule has 0 fully saturated rings. The zero-order valence-corrected chi connectivity index (χ0v) is 11.8. The Morgan fingerprint density at radius 3 is 2.35 bits per heavy atom. The standard InChI is InChI=1S/C16H20N2O2/c1-3-16(19-13-9-7-12(17)8-10-13)20-15-6-4-5-14(18)11(15)2/h4-10,16H,3,17-18H2,1-2H3. The maximum absolute atomic E-state index is 5.88. The van der Waals surface area contributed by atoms with E-state index < -0.39 is 0 Å². The van der Waals surface area contributed by atoms with Crippen molar-refractivity contribution in [2.24, 2.45) is 0 Å². The first-order valence-corrected chi connectivity index (χ1v) is 6.64. The van der Waals surface area contributed by atoms with Gasteiger partial charge in [0.05, 0.1) is 0 Å². The van der Waals surface area contributed by atoms with Gasteiger partial charge in [-0.15, -0.1) is 0 Å². The molecule has 2 aromatic rings. The van der Waals surface area contributed by atoms with Crippen LogP contribution < -0.4 is 20.9 Å². The van der Waals surface area contributed by atoms with Gasteiger partial charge in [-0.2, -0.15) is 0 Å². The zero-order valence-electron chi connectivity index (χ0n) is 11.8. The van der Waals surface area contributed by atoms with Crippen molar-refractivity contribution in [2.75, 3.05) is 11.5 Å². The van der Waals surface area contributed by atoms with Crippen LogP contribution in [0.2, 0.25) is 0 Å². The average Bonchev–Trinajstić information content (AvgIpc) is 2.45. The Bertz CT molecular complexity index is 567. The van der Waals surface area contributed by atoms with E-state index in [4.69, 9.17) is 20.9 Å². The van der Waals surface area contributed by atoms with Crippen LogP contribution in [0.3, 0.4) is 0 Å². The SMILES string of the molecule is CCC(Oc1ccc(N)cc1)Oc1cccc(N)c1C. The summed E-state index contributed by atoms with van der Waals surface area (Å²) in [6.07, 6.45) is 0.359. The quantitative estimate of drug-likeness (QED) is 0.647. The third-order valence-corrected chi connectivity index (χ3v) is 3.07.